The van der Waals surface area contributed by atoms with Gasteiger partial charge in [0, 0.05) is 11.6 Å². The van der Waals surface area contributed by atoms with E-state index in [0.717, 1.165) is 4.90 Å². The highest BCUT2D eigenvalue weighted by Gasteiger charge is 2.62. The number of hydrogen-bond acceptors (Lipinski definition) is 2. The smallest absolute Gasteiger partial charge is 0.416 e. The summed E-state index contributed by atoms with van der Waals surface area (Å²) in [6.45, 7) is 2.78. The van der Waals surface area contributed by atoms with Gasteiger partial charge in [0.2, 0.25) is 0 Å². The number of halogens is 3. The van der Waals surface area contributed by atoms with Crippen LogP contribution in [0.4, 0.5) is 23.7 Å². The second-order valence-corrected chi connectivity index (χ2v) is 5.24. The number of alkyl halides is 3. The van der Waals surface area contributed by atoms with Crippen molar-refractivity contribution in [1.82, 2.24) is 5.32 Å². The Morgan fingerprint density at radius 2 is 2.05 bits per heavy atom. The number of anilines is 1. The van der Waals surface area contributed by atoms with E-state index in [-0.39, 0.29) is 17.0 Å². The van der Waals surface area contributed by atoms with E-state index in [9.17, 15) is 18.0 Å². The molecule has 0 fully saturated rings. The lowest BCUT2D eigenvalue weighted by atomic mass is 9.76. The molecule has 0 aromatic heterocycles. The number of carbonyl (C=O) groups excluding carboxylic acids is 1. The van der Waals surface area contributed by atoms with Gasteiger partial charge in [-0.1, -0.05) is 20.3 Å². The topological polar surface area (TPSA) is 41.6 Å². The molecule has 0 bridgehead atoms. The maximum Gasteiger partial charge on any atom is 0.416 e. The Bertz CT molecular complexity index is 649. The van der Waals surface area contributed by atoms with Crippen molar-refractivity contribution >= 4 is 11.7 Å². The number of methoxy groups -OCH3 is 1. The van der Waals surface area contributed by atoms with Crippen LogP contribution < -0.4 is 15.0 Å². The predicted octanol–water partition coefficient (Wildman–Crippen LogP) is 3.23. The average molecular weight is 312 g/mol. The summed E-state index contributed by atoms with van der Waals surface area (Å²) in [6.07, 6.45) is 0.560. The van der Waals surface area contributed by atoms with Crippen LogP contribution in [0.15, 0.2) is 18.2 Å². The van der Waals surface area contributed by atoms with Gasteiger partial charge in [-0.2, -0.15) is 13.2 Å². The molecule has 1 aliphatic heterocycles. The molecular formula is C15H15F3N2O2. The number of nitrogens with zero attached hydrogens (tertiary/aromatic N) is 1. The SMILES string of the molecule is C#CN1C(=O)NC(C(C)C)(C(F)(F)F)c2cc(OC)ccc21. The normalized spacial score (nSPS) is 21.2. The zero-order valence-corrected chi connectivity index (χ0v) is 12.3. The van der Waals surface area contributed by atoms with Gasteiger partial charge >= 0.3 is 12.2 Å². The Hall–Kier alpha value is -2.36. The number of hydrogen-bond donors (Lipinski definition) is 1. The molecular weight excluding hydrogens is 297 g/mol. The molecule has 1 N–H and O–H groups in total. The average Bonchev–Trinajstić information content (AvgIpc) is 2.44. The molecule has 0 radical (unpaired) electrons. The van der Waals surface area contributed by atoms with Crippen molar-refractivity contribution in [3.63, 3.8) is 0 Å². The van der Waals surface area contributed by atoms with Crippen molar-refractivity contribution < 1.29 is 22.7 Å². The van der Waals surface area contributed by atoms with Gasteiger partial charge in [0.25, 0.3) is 0 Å². The largest absolute Gasteiger partial charge is 0.497 e. The number of terminal acetylenes is 1. The molecule has 1 aliphatic rings. The fourth-order valence-corrected chi connectivity index (χ4v) is 2.69. The van der Waals surface area contributed by atoms with Gasteiger partial charge in [-0.25, -0.2) is 9.69 Å². The molecule has 1 unspecified atom stereocenters. The Morgan fingerprint density at radius 1 is 1.41 bits per heavy atom. The van der Waals surface area contributed by atoms with E-state index >= 15 is 0 Å². The molecule has 0 saturated heterocycles. The molecule has 1 atom stereocenters. The van der Waals surface area contributed by atoms with E-state index in [1.807, 2.05) is 5.32 Å². The van der Waals surface area contributed by atoms with Gasteiger partial charge in [-0.3, -0.25) is 0 Å². The lowest BCUT2D eigenvalue weighted by Gasteiger charge is -2.45. The lowest BCUT2D eigenvalue weighted by Crippen LogP contribution is -2.64. The first kappa shape index (κ1) is 16.0. The Labute approximate surface area is 126 Å². The van der Waals surface area contributed by atoms with Crippen molar-refractivity contribution in [2.75, 3.05) is 12.0 Å². The highest BCUT2D eigenvalue weighted by Crippen LogP contribution is 2.50. The molecule has 1 aromatic rings. The molecule has 118 valence electrons. The van der Waals surface area contributed by atoms with Crippen molar-refractivity contribution in [2.45, 2.75) is 25.6 Å². The quantitative estimate of drug-likeness (QED) is 0.852. The van der Waals surface area contributed by atoms with Crippen LogP contribution in [0, 0.1) is 18.4 Å². The third-order valence-corrected chi connectivity index (χ3v) is 3.82. The van der Waals surface area contributed by atoms with Crippen LogP contribution in [0.5, 0.6) is 5.75 Å². The zero-order chi connectivity index (χ0) is 16.7. The number of fused-ring (bicyclic) bond motifs is 1. The first-order valence-corrected chi connectivity index (χ1v) is 6.52. The van der Waals surface area contributed by atoms with Crippen molar-refractivity contribution in [2.24, 2.45) is 5.92 Å². The van der Waals surface area contributed by atoms with E-state index < -0.39 is 23.7 Å². The second-order valence-electron chi connectivity index (χ2n) is 5.24. The van der Waals surface area contributed by atoms with Crippen LogP contribution >= 0.6 is 0 Å². The van der Waals surface area contributed by atoms with Gasteiger partial charge in [0.15, 0.2) is 5.54 Å². The summed E-state index contributed by atoms with van der Waals surface area (Å²) in [5.41, 5.74) is -2.63. The second kappa shape index (κ2) is 5.13. The van der Waals surface area contributed by atoms with Crippen LogP contribution in [0.2, 0.25) is 0 Å². The molecule has 4 nitrogen and oxygen atoms in total. The number of carbonyl (C=O) groups is 1. The van der Waals surface area contributed by atoms with Crippen molar-refractivity contribution in [3.8, 4) is 18.2 Å². The summed E-state index contributed by atoms with van der Waals surface area (Å²) in [7, 11) is 1.35. The van der Waals surface area contributed by atoms with Crippen LogP contribution in [0.1, 0.15) is 19.4 Å². The van der Waals surface area contributed by atoms with E-state index in [2.05, 4.69) is 6.04 Å². The number of nitrogens with one attached hydrogen (secondary N) is 1. The molecule has 0 aliphatic carbocycles. The van der Waals surface area contributed by atoms with Gasteiger partial charge in [0.05, 0.1) is 12.8 Å². The zero-order valence-electron chi connectivity index (χ0n) is 12.3. The number of benzene rings is 1. The number of ether oxygens (including phenoxy) is 1. The molecule has 1 heterocycles. The van der Waals surface area contributed by atoms with Gasteiger partial charge < -0.3 is 10.1 Å². The number of urea groups is 1. The van der Waals surface area contributed by atoms with E-state index in [1.165, 1.54) is 39.2 Å². The maximum absolute atomic E-state index is 13.8. The summed E-state index contributed by atoms with van der Waals surface area (Å²) in [5.74, 6) is -0.691. The maximum atomic E-state index is 13.8. The van der Waals surface area contributed by atoms with E-state index in [1.54, 1.807) is 0 Å². The highest BCUT2D eigenvalue weighted by molar-refractivity contribution is 5.99. The van der Waals surface area contributed by atoms with Crippen LogP contribution in [0.25, 0.3) is 0 Å². The molecule has 1 aromatic carbocycles. The standard InChI is InChI=1S/C15H15F3N2O2/c1-5-20-12-7-6-10(22-4)8-11(12)14(9(2)3,15(16,17)18)19-13(20)21/h1,6-9H,2-4H3,(H,19,21). The number of rotatable bonds is 2. The van der Waals surface area contributed by atoms with E-state index in [4.69, 9.17) is 11.2 Å². The Kier molecular flexibility index (Phi) is 3.73. The first-order chi connectivity index (χ1) is 10.2. The van der Waals surface area contributed by atoms with Crippen molar-refractivity contribution in [3.05, 3.63) is 23.8 Å². The molecule has 2 amide bonds. The minimum Gasteiger partial charge on any atom is -0.497 e. The van der Waals surface area contributed by atoms with Crippen molar-refractivity contribution in [1.29, 1.82) is 0 Å². The summed E-state index contributed by atoms with van der Waals surface area (Å²) < 4.78 is 46.5. The predicted molar refractivity (Wildman–Crippen MR) is 75.4 cm³/mol. The van der Waals surface area contributed by atoms with Gasteiger partial charge in [0.1, 0.15) is 5.75 Å². The molecule has 0 spiro atoms. The molecule has 0 saturated carbocycles. The summed E-state index contributed by atoms with van der Waals surface area (Å²) in [6, 6.07) is 5.18. The summed E-state index contributed by atoms with van der Waals surface area (Å²) in [4.78, 5) is 12.9. The van der Waals surface area contributed by atoms with Crippen LogP contribution in [0.3, 0.4) is 0 Å². The minimum absolute atomic E-state index is 0.0260. The Balaban J connectivity index is 2.84. The number of amides is 2. The highest BCUT2D eigenvalue weighted by atomic mass is 19.4. The molecule has 7 heteroatoms. The Morgan fingerprint density at radius 3 is 2.50 bits per heavy atom. The third-order valence-electron chi connectivity index (χ3n) is 3.82. The minimum atomic E-state index is -4.70. The lowest BCUT2D eigenvalue weighted by molar-refractivity contribution is -0.211. The third kappa shape index (κ3) is 2.06. The molecule has 22 heavy (non-hydrogen) atoms. The fraction of sp³-hybridized carbons (Fsp3) is 0.400. The van der Waals surface area contributed by atoms with Gasteiger partial charge in [-0.05, 0) is 24.1 Å². The fourth-order valence-electron chi connectivity index (χ4n) is 2.69. The van der Waals surface area contributed by atoms with Crippen LogP contribution in [-0.2, 0) is 5.54 Å². The van der Waals surface area contributed by atoms with Crippen LogP contribution in [-0.4, -0.2) is 19.3 Å². The molecule has 2 rings (SSSR count). The summed E-state index contributed by atoms with van der Waals surface area (Å²) in [5, 5.41) is 2.04. The summed E-state index contributed by atoms with van der Waals surface area (Å²) >= 11 is 0. The monoisotopic (exact) mass is 312 g/mol. The van der Waals surface area contributed by atoms with E-state index in [0.29, 0.717) is 0 Å². The first-order valence-electron chi connectivity index (χ1n) is 6.52. The van der Waals surface area contributed by atoms with Gasteiger partial charge in [-0.15, -0.1) is 0 Å².